The first kappa shape index (κ1) is 16.0. The van der Waals surface area contributed by atoms with Gasteiger partial charge >= 0.3 is 6.03 Å². The van der Waals surface area contributed by atoms with Crippen molar-refractivity contribution in [3.8, 4) is 0 Å². The molecule has 2 aromatic heterocycles. The quantitative estimate of drug-likeness (QED) is 0.529. The van der Waals surface area contributed by atoms with Gasteiger partial charge in [0, 0.05) is 23.0 Å². The maximum atomic E-state index is 12.4. The van der Waals surface area contributed by atoms with Crippen LogP contribution in [-0.4, -0.2) is 25.8 Å². The third-order valence-electron chi connectivity index (χ3n) is 3.68. The summed E-state index contributed by atoms with van der Waals surface area (Å²) < 4.78 is 1.33. The van der Waals surface area contributed by atoms with Gasteiger partial charge in [0.1, 0.15) is 5.82 Å². The molecule has 2 aromatic carbocycles. The van der Waals surface area contributed by atoms with Gasteiger partial charge in [-0.25, -0.2) is 14.8 Å². The van der Waals surface area contributed by atoms with Crippen molar-refractivity contribution < 1.29 is 4.79 Å². The number of carbonyl (C=O) groups excluding carboxylic acids is 1. The lowest BCUT2D eigenvalue weighted by Crippen LogP contribution is -2.20. The first-order valence-corrected chi connectivity index (χ1v) is 8.16. The number of amides is 1. The molecule has 0 unspecified atom stereocenters. The van der Waals surface area contributed by atoms with Gasteiger partial charge in [-0.1, -0.05) is 18.2 Å². The van der Waals surface area contributed by atoms with E-state index >= 15 is 0 Å². The molecule has 0 radical (unpaired) electrons. The molecule has 0 atom stereocenters. The summed E-state index contributed by atoms with van der Waals surface area (Å²) >= 11 is 5.79. The monoisotopic (exact) mass is 364 g/mol. The number of fused-ring (bicyclic) bond motifs is 1. The summed E-state index contributed by atoms with van der Waals surface area (Å²) in [7, 11) is 0. The number of halogens is 1. The molecule has 4 aromatic rings. The van der Waals surface area contributed by atoms with Crippen molar-refractivity contribution in [3.63, 3.8) is 0 Å². The number of rotatable bonds is 3. The Morgan fingerprint density at radius 1 is 1.04 bits per heavy atom. The lowest BCUT2D eigenvalue weighted by Gasteiger charge is -2.07. The fourth-order valence-electron chi connectivity index (χ4n) is 2.52. The average molecular weight is 365 g/mol. The second-order valence-electron chi connectivity index (χ2n) is 5.46. The van der Waals surface area contributed by atoms with Crippen molar-refractivity contribution in [3.05, 3.63) is 72.3 Å². The molecule has 4 rings (SSSR count). The third kappa shape index (κ3) is 3.33. The van der Waals surface area contributed by atoms with E-state index in [1.807, 2.05) is 48.5 Å². The summed E-state index contributed by atoms with van der Waals surface area (Å²) in [6, 6.07) is 16.2. The highest BCUT2D eigenvalue weighted by molar-refractivity contribution is 6.28. The predicted molar refractivity (Wildman–Crippen MR) is 101 cm³/mol. The topological polar surface area (TPSA) is 84.7 Å². The summed E-state index contributed by atoms with van der Waals surface area (Å²) in [6.07, 6.45) is 3.21. The molecule has 7 nitrogen and oxygen atoms in total. The fourth-order valence-corrected chi connectivity index (χ4v) is 2.67. The molecule has 0 aliphatic carbocycles. The molecule has 128 valence electrons. The zero-order valence-corrected chi connectivity index (χ0v) is 14.2. The van der Waals surface area contributed by atoms with Crippen LogP contribution >= 0.6 is 11.6 Å². The zero-order valence-electron chi connectivity index (χ0n) is 13.4. The van der Waals surface area contributed by atoms with Crippen molar-refractivity contribution in [1.29, 1.82) is 0 Å². The van der Waals surface area contributed by atoms with Crippen LogP contribution in [0.15, 0.2) is 67.0 Å². The van der Waals surface area contributed by atoms with Crippen LogP contribution < -0.4 is 10.6 Å². The second kappa shape index (κ2) is 6.81. The zero-order chi connectivity index (χ0) is 17.9. The fraction of sp³-hybridized carbons (Fsp3) is 0. The first-order valence-electron chi connectivity index (χ1n) is 7.79. The Kier molecular flexibility index (Phi) is 4.20. The summed E-state index contributed by atoms with van der Waals surface area (Å²) in [5.41, 5.74) is 2.21. The molecule has 0 spiro atoms. The van der Waals surface area contributed by atoms with Crippen LogP contribution in [-0.2, 0) is 0 Å². The van der Waals surface area contributed by atoms with Gasteiger partial charge in [-0.15, -0.1) is 0 Å². The van der Waals surface area contributed by atoms with Crippen LogP contribution in [0.2, 0.25) is 5.28 Å². The van der Waals surface area contributed by atoms with Gasteiger partial charge in [0.25, 0.3) is 0 Å². The van der Waals surface area contributed by atoms with Gasteiger partial charge in [0.15, 0.2) is 0 Å². The SMILES string of the molecule is O=C(Nc1ccccc1)n1ncc2cc(Nc3ccnc(Cl)n3)ccc21. The molecule has 26 heavy (non-hydrogen) atoms. The summed E-state index contributed by atoms with van der Waals surface area (Å²) in [5, 5.41) is 11.1. The van der Waals surface area contributed by atoms with E-state index in [4.69, 9.17) is 11.6 Å². The number of nitrogens with one attached hydrogen (secondary N) is 2. The summed E-state index contributed by atoms with van der Waals surface area (Å²) in [4.78, 5) is 20.4. The first-order chi connectivity index (χ1) is 12.7. The number of carbonyl (C=O) groups is 1. The smallest absolute Gasteiger partial charge is 0.340 e. The van der Waals surface area contributed by atoms with Gasteiger partial charge in [-0.05, 0) is 48.0 Å². The minimum absolute atomic E-state index is 0.168. The normalized spacial score (nSPS) is 10.7. The number of nitrogens with zero attached hydrogens (tertiary/aromatic N) is 4. The summed E-state index contributed by atoms with van der Waals surface area (Å²) in [6.45, 7) is 0. The van der Waals surface area contributed by atoms with Crippen molar-refractivity contribution in [2.45, 2.75) is 0 Å². The molecule has 0 saturated heterocycles. The highest BCUT2D eigenvalue weighted by Crippen LogP contribution is 2.22. The maximum Gasteiger partial charge on any atom is 0.347 e. The van der Waals surface area contributed by atoms with E-state index in [1.54, 1.807) is 18.5 Å². The van der Waals surface area contributed by atoms with E-state index in [1.165, 1.54) is 4.68 Å². The lowest BCUT2D eigenvalue weighted by molar-refractivity contribution is 0.252. The van der Waals surface area contributed by atoms with Crippen molar-refractivity contribution in [2.75, 3.05) is 10.6 Å². The number of para-hydroxylation sites is 1. The van der Waals surface area contributed by atoms with Crippen LogP contribution in [0.5, 0.6) is 0 Å². The number of anilines is 3. The largest absolute Gasteiger partial charge is 0.347 e. The predicted octanol–water partition coefficient (Wildman–Crippen LogP) is 4.30. The number of hydrogen-bond acceptors (Lipinski definition) is 5. The number of aromatic nitrogens is 4. The molecule has 0 saturated carbocycles. The molecule has 0 bridgehead atoms. The average Bonchev–Trinajstić information content (AvgIpc) is 3.06. The van der Waals surface area contributed by atoms with Gasteiger partial charge in [-0.3, -0.25) is 0 Å². The molecule has 2 N–H and O–H groups in total. The van der Waals surface area contributed by atoms with Crippen LogP contribution in [0.1, 0.15) is 0 Å². The number of benzene rings is 2. The van der Waals surface area contributed by atoms with Gasteiger partial charge in [0.05, 0.1) is 11.7 Å². The molecule has 0 aliphatic rings. The van der Waals surface area contributed by atoms with Gasteiger partial charge in [-0.2, -0.15) is 9.78 Å². The molecular formula is C18H13ClN6O. The Morgan fingerprint density at radius 2 is 1.88 bits per heavy atom. The van der Waals surface area contributed by atoms with Gasteiger partial charge < -0.3 is 10.6 Å². The van der Waals surface area contributed by atoms with E-state index < -0.39 is 0 Å². The molecule has 0 aliphatic heterocycles. The van der Waals surface area contributed by atoms with Crippen LogP contribution in [0.3, 0.4) is 0 Å². The van der Waals surface area contributed by atoms with Gasteiger partial charge in [0.2, 0.25) is 5.28 Å². The van der Waals surface area contributed by atoms with Crippen molar-refractivity contribution >= 4 is 45.7 Å². The highest BCUT2D eigenvalue weighted by atomic mass is 35.5. The van der Waals surface area contributed by atoms with E-state index in [9.17, 15) is 4.79 Å². The van der Waals surface area contributed by atoms with E-state index in [2.05, 4.69) is 25.7 Å². The Bertz CT molecular complexity index is 1080. The standard InChI is InChI=1S/C18H13ClN6O/c19-17-20-9-8-16(24-17)22-14-6-7-15-12(10-14)11-21-25(15)18(26)23-13-4-2-1-3-5-13/h1-11H,(H,23,26)(H,20,22,24). The van der Waals surface area contributed by atoms with E-state index in [-0.39, 0.29) is 11.3 Å². The Morgan fingerprint density at radius 3 is 2.69 bits per heavy atom. The Labute approximate surface area is 153 Å². The number of hydrogen-bond donors (Lipinski definition) is 2. The Balaban J connectivity index is 1.58. The molecular weight excluding hydrogens is 352 g/mol. The Hall–Kier alpha value is -3.45. The van der Waals surface area contributed by atoms with Crippen LogP contribution in [0.25, 0.3) is 10.9 Å². The van der Waals surface area contributed by atoms with Crippen LogP contribution in [0, 0.1) is 0 Å². The van der Waals surface area contributed by atoms with E-state index in [0.29, 0.717) is 17.0 Å². The maximum absolute atomic E-state index is 12.4. The lowest BCUT2D eigenvalue weighted by atomic mass is 10.2. The van der Waals surface area contributed by atoms with E-state index in [0.717, 1.165) is 11.1 Å². The third-order valence-corrected chi connectivity index (χ3v) is 3.87. The molecule has 2 heterocycles. The molecule has 0 fully saturated rings. The highest BCUT2D eigenvalue weighted by Gasteiger charge is 2.11. The minimum atomic E-state index is -0.325. The van der Waals surface area contributed by atoms with Crippen LogP contribution in [0.4, 0.5) is 22.0 Å². The van der Waals surface area contributed by atoms with Crippen molar-refractivity contribution in [1.82, 2.24) is 19.7 Å². The van der Waals surface area contributed by atoms with Crippen molar-refractivity contribution in [2.24, 2.45) is 0 Å². The second-order valence-corrected chi connectivity index (χ2v) is 5.80. The molecule has 8 heteroatoms. The minimum Gasteiger partial charge on any atom is -0.340 e. The summed E-state index contributed by atoms with van der Waals surface area (Å²) in [5.74, 6) is 0.582. The molecule has 1 amide bonds.